The average molecular weight is 209 g/mol. The van der Waals surface area contributed by atoms with Crippen LogP contribution in [0.3, 0.4) is 0 Å². The van der Waals surface area contributed by atoms with Gasteiger partial charge in [0.05, 0.1) is 15.6 Å². The van der Waals surface area contributed by atoms with Gasteiger partial charge < -0.3 is 5.73 Å². The van der Waals surface area contributed by atoms with E-state index in [0.717, 1.165) is 10.6 Å². The fourth-order valence-electron chi connectivity index (χ4n) is 1.44. The third-order valence-corrected chi connectivity index (χ3v) is 3.65. The van der Waals surface area contributed by atoms with Gasteiger partial charge in [-0.05, 0) is 18.8 Å². The van der Waals surface area contributed by atoms with Gasteiger partial charge in [-0.2, -0.15) is 0 Å². The standard InChI is InChI=1S/C10H15N3S/c1-5(2)7-8(9(11)12)14-10(13-7)6-3-4-6/h5-6H,3-4H2,1-2H3,(H3,11,12). The van der Waals surface area contributed by atoms with Gasteiger partial charge in [-0.25, -0.2) is 4.98 Å². The highest BCUT2D eigenvalue weighted by molar-refractivity contribution is 7.14. The summed E-state index contributed by atoms with van der Waals surface area (Å²) in [5.74, 6) is 1.18. The van der Waals surface area contributed by atoms with Crippen molar-refractivity contribution in [2.24, 2.45) is 5.73 Å². The van der Waals surface area contributed by atoms with Gasteiger partial charge >= 0.3 is 0 Å². The van der Waals surface area contributed by atoms with Gasteiger partial charge in [0.1, 0.15) is 5.84 Å². The molecule has 0 unspecified atom stereocenters. The van der Waals surface area contributed by atoms with Gasteiger partial charge in [0.15, 0.2) is 0 Å². The lowest BCUT2D eigenvalue weighted by Gasteiger charge is -2.02. The van der Waals surface area contributed by atoms with Crippen molar-refractivity contribution in [1.82, 2.24) is 4.98 Å². The van der Waals surface area contributed by atoms with Gasteiger partial charge in [-0.1, -0.05) is 13.8 Å². The summed E-state index contributed by atoms with van der Waals surface area (Å²) >= 11 is 1.61. The zero-order valence-electron chi connectivity index (χ0n) is 8.50. The molecular formula is C10H15N3S. The number of rotatable bonds is 3. The molecule has 1 aromatic heterocycles. The van der Waals surface area contributed by atoms with Crippen molar-refractivity contribution < 1.29 is 0 Å². The summed E-state index contributed by atoms with van der Waals surface area (Å²) in [7, 11) is 0. The number of hydrogen-bond donors (Lipinski definition) is 2. The third kappa shape index (κ3) is 1.66. The zero-order valence-corrected chi connectivity index (χ0v) is 9.32. The first kappa shape index (κ1) is 9.65. The number of nitrogens with one attached hydrogen (secondary N) is 1. The predicted molar refractivity (Wildman–Crippen MR) is 59.2 cm³/mol. The Morgan fingerprint density at radius 1 is 1.57 bits per heavy atom. The van der Waals surface area contributed by atoms with E-state index in [1.165, 1.54) is 17.8 Å². The molecule has 1 saturated carbocycles. The molecule has 3 nitrogen and oxygen atoms in total. The first-order valence-electron chi connectivity index (χ1n) is 4.94. The lowest BCUT2D eigenvalue weighted by Crippen LogP contribution is -2.12. The topological polar surface area (TPSA) is 62.8 Å². The Balaban J connectivity index is 2.39. The van der Waals surface area contributed by atoms with Gasteiger partial charge in [-0.3, -0.25) is 5.41 Å². The van der Waals surface area contributed by atoms with Gasteiger partial charge in [0.25, 0.3) is 0 Å². The highest BCUT2D eigenvalue weighted by atomic mass is 32.1. The van der Waals surface area contributed by atoms with Crippen LogP contribution in [0.4, 0.5) is 0 Å². The van der Waals surface area contributed by atoms with Crippen molar-refractivity contribution in [3.8, 4) is 0 Å². The monoisotopic (exact) mass is 209 g/mol. The predicted octanol–water partition coefficient (Wildman–Crippen LogP) is 2.43. The Morgan fingerprint density at radius 3 is 2.57 bits per heavy atom. The molecule has 0 saturated heterocycles. The molecular weight excluding hydrogens is 194 g/mol. The summed E-state index contributed by atoms with van der Waals surface area (Å²) in [4.78, 5) is 5.47. The lowest BCUT2D eigenvalue weighted by molar-refractivity contribution is 0.820. The minimum Gasteiger partial charge on any atom is -0.383 e. The Labute approximate surface area is 87.9 Å². The number of amidine groups is 1. The summed E-state index contributed by atoms with van der Waals surface area (Å²) in [6, 6.07) is 0. The minimum absolute atomic E-state index is 0.165. The first-order chi connectivity index (χ1) is 6.59. The van der Waals surface area contributed by atoms with Crippen molar-refractivity contribution in [3.05, 3.63) is 15.6 Å². The van der Waals surface area contributed by atoms with E-state index in [-0.39, 0.29) is 5.84 Å². The highest BCUT2D eigenvalue weighted by Gasteiger charge is 2.29. The maximum Gasteiger partial charge on any atom is 0.135 e. The Hall–Kier alpha value is -0.900. The van der Waals surface area contributed by atoms with E-state index in [0.29, 0.717) is 11.8 Å². The molecule has 1 aromatic rings. The third-order valence-electron chi connectivity index (χ3n) is 2.39. The van der Waals surface area contributed by atoms with Gasteiger partial charge in [0.2, 0.25) is 0 Å². The first-order valence-corrected chi connectivity index (χ1v) is 5.76. The molecule has 0 aromatic carbocycles. The Kier molecular flexibility index (Phi) is 2.31. The van der Waals surface area contributed by atoms with E-state index in [1.54, 1.807) is 11.3 Å². The summed E-state index contributed by atoms with van der Waals surface area (Å²) in [5.41, 5.74) is 6.54. The quantitative estimate of drug-likeness (QED) is 0.593. The molecule has 1 aliphatic rings. The van der Waals surface area contributed by atoms with Crippen LogP contribution in [0.2, 0.25) is 0 Å². The van der Waals surface area contributed by atoms with Crippen LogP contribution < -0.4 is 5.73 Å². The van der Waals surface area contributed by atoms with Crippen LogP contribution >= 0.6 is 11.3 Å². The summed E-state index contributed by atoms with van der Waals surface area (Å²) < 4.78 is 0. The van der Waals surface area contributed by atoms with Gasteiger partial charge in [0, 0.05) is 5.92 Å². The fraction of sp³-hybridized carbons (Fsp3) is 0.600. The van der Waals surface area contributed by atoms with Gasteiger partial charge in [-0.15, -0.1) is 11.3 Å². The molecule has 1 aliphatic carbocycles. The average Bonchev–Trinajstić information content (AvgIpc) is 2.83. The van der Waals surface area contributed by atoms with Crippen LogP contribution in [0.5, 0.6) is 0 Å². The molecule has 0 aliphatic heterocycles. The molecule has 0 radical (unpaired) electrons. The van der Waals surface area contributed by atoms with Crippen molar-refractivity contribution in [2.45, 2.75) is 38.5 Å². The number of thiazole rings is 1. The molecule has 0 amide bonds. The lowest BCUT2D eigenvalue weighted by atomic mass is 10.1. The van der Waals surface area contributed by atoms with Crippen LogP contribution in [0.25, 0.3) is 0 Å². The number of nitrogen functional groups attached to an aromatic ring is 1. The van der Waals surface area contributed by atoms with Crippen LogP contribution in [0, 0.1) is 5.41 Å². The molecule has 0 spiro atoms. The maximum atomic E-state index is 7.49. The second-order valence-corrected chi connectivity index (χ2v) is 5.14. The molecule has 1 fully saturated rings. The fourth-order valence-corrected chi connectivity index (χ4v) is 2.69. The van der Waals surface area contributed by atoms with Crippen LogP contribution in [-0.2, 0) is 0 Å². The smallest absolute Gasteiger partial charge is 0.135 e. The number of aromatic nitrogens is 1. The molecule has 14 heavy (non-hydrogen) atoms. The number of nitrogens with two attached hydrogens (primary N) is 1. The highest BCUT2D eigenvalue weighted by Crippen LogP contribution is 2.43. The molecule has 3 N–H and O–H groups in total. The summed E-state index contributed by atoms with van der Waals surface area (Å²) in [6.45, 7) is 4.19. The minimum atomic E-state index is 0.165. The SMILES string of the molecule is CC(C)c1nc(C2CC2)sc1C(=N)N. The second-order valence-electron chi connectivity index (χ2n) is 4.11. The number of hydrogen-bond acceptors (Lipinski definition) is 3. The van der Waals surface area contributed by atoms with E-state index in [2.05, 4.69) is 18.8 Å². The number of nitrogens with zero attached hydrogens (tertiary/aromatic N) is 1. The molecule has 76 valence electrons. The molecule has 0 bridgehead atoms. The normalized spacial score (nSPS) is 16.2. The Morgan fingerprint density at radius 2 is 2.21 bits per heavy atom. The largest absolute Gasteiger partial charge is 0.383 e. The Bertz CT molecular complexity index is 363. The van der Waals surface area contributed by atoms with Crippen molar-refractivity contribution in [2.75, 3.05) is 0 Å². The zero-order chi connectivity index (χ0) is 10.3. The van der Waals surface area contributed by atoms with E-state index in [4.69, 9.17) is 11.1 Å². The van der Waals surface area contributed by atoms with Crippen LogP contribution in [0.1, 0.15) is 54.1 Å². The molecule has 4 heteroatoms. The summed E-state index contributed by atoms with van der Waals surface area (Å²) in [5, 5.41) is 8.67. The summed E-state index contributed by atoms with van der Waals surface area (Å²) in [6.07, 6.45) is 2.50. The maximum absolute atomic E-state index is 7.49. The molecule has 1 heterocycles. The van der Waals surface area contributed by atoms with Crippen molar-refractivity contribution in [1.29, 1.82) is 5.41 Å². The second kappa shape index (κ2) is 3.35. The molecule has 0 atom stereocenters. The molecule has 2 rings (SSSR count). The van der Waals surface area contributed by atoms with Crippen LogP contribution in [0.15, 0.2) is 0 Å². The van der Waals surface area contributed by atoms with Crippen LogP contribution in [-0.4, -0.2) is 10.8 Å². The van der Waals surface area contributed by atoms with E-state index < -0.39 is 0 Å². The van der Waals surface area contributed by atoms with E-state index in [9.17, 15) is 0 Å². The van der Waals surface area contributed by atoms with E-state index in [1.807, 2.05) is 0 Å². The van der Waals surface area contributed by atoms with Crippen molar-refractivity contribution in [3.63, 3.8) is 0 Å². The van der Waals surface area contributed by atoms with Crippen molar-refractivity contribution >= 4 is 17.2 Å². The van der Waals surface area contributed by atoms with E-state index >= 15 is 0 Å².